The van der Waals surface area contributed by atoms with Crippen LogP contribution in [-0.4, -0.2) is 29.4 Å². The number of aliphatic hydroxyl groups is 2. The van der Waals surface area contributed by atoms with Crippen molar-refractivity contribution in [2.45, 2.75) is 38.3 Å². The summed E-state index contributed by atoms with van der Waals surface area (Å²) in [7, 11) is 0. The van der Waals surface area contributed by atoms with Crippen molar-refractivity contribution in [3.8, 4) is 0 Å². The monoisotopic (exact) mass is 271 g/mol. The van der Waals surface area contributed by atoms with Gasteiger partial charge in [-0.2, -0.15) is 0 Å². The largest absolute Gasteiger partial charge is 0.394 e. The van der Waals surface area contributed by atoms with Gasteiger partial charge in [0, 0.05) is 6.54 Å². The van der Waals surface area contributed by atoms with Crippen LogP contribution in [0.3, 0.4) is 0 Å². The second-order valence-electron chi connectivity index (χ2n) is 4.95. The second-order valence-corrected chi connectivity index (χ2v) is 4.95. The maximum atomic E-state index is 14.1. The summed E-state index contributed by atoms with van der Waals surface area (Å²) in [6, 6.07) is 2.06. The van der Waals surface area contributed by atoms with E-state index in [0.29, 0.717) is 6.54 Å². The Balaban J connectivity index is 2.38. The summed E-state index contributed by atoms with van der Waals surface area (Å²) in [4.78, 5) is 1.62. The number of aliphatic hydroxyl groups excluding tert-OH is 2. The molecule has 0 radical (unpaired) electrons. The summed E-state index contributed by atoms with van der Waals surface area (Å²) in [6.07, 6.45) is 3.55. The Morgan fingerprint density at radius 1 is 1.11 bits per heavy atom. The van der Waals surface area contributed by atoms with E-state index in [1.807, 2.05) is 0 Å². The molecule has 1 fully saturated rings. The highest BCUT2D eigenvalue weighted by molar-refractivity contribution is 5.51. The zero-order valence-electron chi connectivity index (χ0n) is 10.8. The van der Waals surface area contributed by atoms with Gasteiger partial charge in [0.1, 0.15) is 17.3 Å². The molecular weight excluding hydrogens is 252 g/mol. The third-order valence-corrected chi connectivity index (χ3v) is 3.63. The highest BCUT2D eigenvalue weighted by Crippen LogP contribution is 2.30. The molecule has 2 rings (SSSR count). The summed E-state index contributed by atoms with van der Waals surface area (Å²) in [5, 5.41) is 18.3. The van der Waals surface area contributed by atoms with Gasteiger partial charge in [-0.1, -0.05) is 12.8 Å². The Kier molecular flexibility index (Phi) is 4.71. The summed E-state index contributed by atoms with van der Waals surface area (Å²) >= 11 is 0. The topological polar surface area (TPSA) is 43.7 Å². The minimum Gasteiger partial charge on any atom is -0.394 e. The molecule has 1 atom stereocenters. The Morgan fingerprint density at radius 2 is 1.79 bits per heavy atom. The smallest absolute Gasteiger partial charge is 0.149 e. The van der Waals surface area contributed by atoms with Crippen LogP contribution in [0.2, 0.25) is 0 Å². The lowest BCUT2D eigenvalue weighted by Crippen LogP contribution is -2.38. The predicted octanol–water partition coefficient (Wildman–Crippen LogP) is 2.20. The van der Waals surface area contributed by atoms with Crippen molar-refractivity contribution in [1.82, 2.24) is 0 Å². The van der Waals surface area contributed by atoms with Gasteiger partial charge in [-0.15, -0.1) is 0 Å². The van der Waals surface area contributed by atoms with Gasteiger partial charge in [0.2, 0.25) is 0 Å². The zero-order chi connectivity index (χ0) is 13.8. The molecule has 0 saturated carbocycles. The van der Waals surface area contributed by atoms with E-state index in [0.717, 1.165) is 37.8 Å². The minimum atomic E-state index is -0.676. The molecule has 1 aliphatic heterocycles. The van der Waals surface area contributed by atoms with Crippen LogP contribution < -0.4 is 4.90 Å². The fourth-order valence-electron chi connectivity index (χ4n) is 2.65. The standard InChI is InChI=1S/C14H19F2NO2/c15-12-6-10(8-18)7-13(16)14(12)17-5-3-1-2-4-11(17)9-19/h6-7,11,18-19H,1-5,8-9H2. The summed E-state index contributed by atoms with van der Waals surface area (Å²) in [5.41, 5.74) is 0.132. The van der Waals surface area contributed by atoms with Crippen molar-refractivity contribution < 1.29 is 19.0 Å². The van der Waals surface area contributed by atoms with Crippen LogP contribution in [0.5, 0.6) is 0 Å². The fraction of sp³-hybridized carbons (Fsp3) is 0.571. The van der Waals surface area contributed by atoms with E-state index in [-0.39, 0.29) is 23.9 Å². The van der Waals surface area contributed by atoms with E-state index in [2.05, 4.69) is 0 Å². The number of benzene rings is 1. The molecule has 1 saturated heterocycles. The first-order valence-corrected chi connectivity index (χ1v) is 6.63. The molecule has 5 heteroatoms. The predicted molar refractivity (Wildman–Crippen MR) is 69.0 cm³/mol. The van der Waals surface area contributed by atoms with Crippen LogP contribution >= 0.6 is 0 Å². The molecule has 19 heavy (non-hydrogen) atoms. The van der Waals surface area contributed by atoms with Crippen LogP contribution in [0.25, 0.3) is 0 Å². The van der Waals surface area contributed by atoms with Gasteiger partial charge in [-0.05, 0) is 30.5 Å². The molecule has 1 aromatic carbocycles. The van der Waals surface area contributed by atoms with Crippen LogP contribution in [0, 0.1) is 11.6 Å². The number of anilines is 1. The molecule has 0 spiro atoms. The Labute approximate surface area is 111 Å². The van der Waals surface area contributed by atoms with Gasteiger partial charge in [0.15, 0.2) is 0 Å². The zero-order valence-corrected chi connectivity index (χ0v) is 10.8. The first kappa shape index (κ1) is 14.2. The molecule has 1 unspecified atom stereocenters. The maximum absolute atomic E-state index is 14.1. The lowest BCUT2D eigenvalue weighted by molar-refractivity contribution is 0.253. The average Bonchev–Trinajstić information content (AvgIpc) is 2.63. The van der Waals surface area contributed by atoms with E-state index in [1.165, 1.54) is 0 Å². The first-order valence-electron chi connectivity index (χ1n) is 6.63. The molecular formula is C14H19F2NO2. The van der Waals surface area contributed by atoms with Crippen molar-refractivity contribution in [3.63, 3.8) is 0 Å². The van der Waals surface area contributed by atoms with Gasteiger partial charge in [0.25, 0.3) is 0 Å². The van der Waals surface area contributed by atoms with Crippen molar-refractivity contribution in [2.75, 3.05) is 18.1 Å². The summed E-state index contributed by atoms with van der Waals surface area (Å²) in [6.45, 7) is 0.0374. The van der Waals surface area contributed by atoms with E-state index < -0.39 is 18.2 Å². The van der Waals surface area contributed by atoms with E-state index in [1.54, 1.807) is 4.90 Å². The van der Waals surface area contributed by atoms with Gasteiger partial charge in [0.05, 0.1) is 19.3 Å². The lowest BCUT2D eigenvalue weighted by atomic mass is 10.1. The highest BCUT2D eigenvalue weighted by Gasteiger charge is 2.26. The first-order chi connectivity index (χ1) is 9.17. The fourth-order valence-corrected chi connectivity index (χ4v) is 2.65. The molecule has 1 heterocycles. The Morgan fingerprint density at radius 3 is 2.37 bits per heavy atom. The molecule has 0 amide bonds. The van der Waals surface area contributed by atoms with Crippen LogP contribution in [0.4, 0.5) is 14.5 Å². The van der Waals surface area contributed by atoms with E-state index in [9.17, 15) is 13.9 Å². The molecule has 2 N–H and O–H groups in total. The molecule has 1 aliphatic rings. The van der Waals surface area contributed by atoms with Gasteiger partial charge in [-0.3, -0.25) is 0 Å². The van der Waals surface area contributed by atoms with Crippen molar-refractivity contribution in [3.05, 3.63) is 29.3 Å². The van der Waals surface area contributed by atoms with Crippen molar-refractivity contribution in [2.24, 2.45) is 0 Å². The van der Waals surface area contributed by atoms with Crippen molar-refractivity contribution in [1.29, 1.82) is 0 Å². The number of hydrogen-bond acceptors (Lipinski definition) is 3. The quantitative estimate of drug-likeness (QED) is 0.885. The van der Waals surface area contributed by atoms with Gasteiger partial charge in [-0.25, -0.2) is 8.78 Å². The maximum Gasteiger partial charge on any atom is 0.149 e. The molecule has 3 nitrogen and oxygen atoms in total. The summed E-state index contributed by atoms with van der Waals surface area (Å²) < 4.78 is 28.1. The lowest BCUT2D eigenvalue weighted by Gasteiger charge is -2.31. The van der Waals surface area contributed by atoms with Crippen LogP contribution in [0.15, 0.2) is 12.1 Å². The van der Waals surface area contributed by atoms with E-state index in [4.69, 9.17) is 5.11 Å². The SMILES string of the molecule is OCc1cc(F)c(N2CCCCCC2CO)c(F)c1. The second kappa shape index (κ2) is 6.30. The van der Waals surface area contributed by atoms with Crippen LogP contribution in [-0.2, 0) is 6.61 Å². The average molecular weight is 271 g/mol. The number of nitrogens with zero attached hydrogens (tertiary/aromatic N) is 1. The normalized spacial score (nSPS) is 20.4. The highest BCUT2D eigenvalue weighted by atomic mass is 19.1. The number of rotatable bonds is 3. The molecule has 1 aromatic rings. The number of halogens is 2. The third-order valence-electron chi connectivity index (χ3n) is 3.63. The van der Waals surface area contributed by atoms with Crippen molar-refractivity contribution >= 4 is 5.69 Å². The Bertz CT molecular complexity index is 416. The summed E-state index contributed by atoms with van der Waals surface area (Å²) in [5.74, 6) is -1.35. The molecule has 0 aliphatic carbocycles. The third kappa shape index (κ3) is 3.04. The molecule has 0 aromatic heterocycles. The Hall–Kier alpha value is -1.20. The van der Waals surface area contributed by atoms with E-state index >= 15 is 0 Å². The minimum absolute atomic E-state index is 0.0850. The van der Waals surface area contributed by atoms with Gasteiger partial charge < -0.3 is 15.1 Å². The van der Waals surface area contributed by atoms with Crippen LogP contribution in [0.1, 0.15) is 31.2 Å². The molecule has 0 bridgehead atoms. The molecule has 106 valence electrons. The number of hydrogen-bond donors (Lipinski definition) is 2. The van der Waals surface area contributed by atoms with Gasteiger partial charge >= 0.3 is 0 Å².